The molecule has 0 atom stereocenters. The number of para-hydroxylation sites is 3. The van der Waals surface area contributed by atoms with Crippen LogP contribution >= 0.6 is 0 Å². The van der Waals surface area contributed by atoms with Crippen LogP contribution in [0, 0.1) is 0 Å². The van der Waals surface area contributed by atoms with Gasteiger partial charge in [0.05, 0.1) is 22.1 Å². The molecule has 13 aromatic rings. The van der Waals surface area contributed by atoms with E-state index in [1.807, 2.05) is 0 Å². The second-order valence-electron chi connectivity index (χ2n) is 15.9. The summed E-state index contributed by atoms with van der Waals surface area (Å²) in [5, 5.41) is 9.47. The van der Waals surface area contributed by atoms with Crippen LogP contribution in [0.25, 0.3) is 121 Å². The van der Waals surface area contributed by atoms with Gasteiger partial charge in [0.1, 0.15) is 17.0 Å². The number of rotatable bonds is 5. The van der Waals surface area contributed by atoms with Gasteiger partial charge in [0, 0.05) is 49.3 Å². The summed E-state index contributed by atoms with van der Waals surface area (Å²) in [7, 11) is 0. The third-order valence-electron chi connectivity index (χ3n) is 12.5. The maximum atomic E-state index is 6.53. The third kappa shape index (κ3) is 5.09. The molecule has 0 saturated carbocycles. The van der Waals surface area contributed by atoms with Crippen molar-refractivity contribution in [2.45, 2.75) is 0 Å². The zero-order valence-corrected chi connectivity index (χ0v) is 33.0. The van der Waals surface area contributed by atoms with Crippen LogP contribution in [-0.4, -0.2) is 14.1 Å². The second kappa shape index (κ2) is 13.2. The molecule has 0 aliphatic heterocycles. The summed E-state index contributed by atoms with van der Waals surface area (Å²) in [4.78, 5) is 5.46. The molecule has 0 saturated heterocycles. The zero-order valence-electron chi connectivity index (χ0n) is 33.0. The molecule has 0 aliphatic rings. The lowest BCUT2D eigenvalue weighted by Gasteiger charge is -2.13. The van der Waals surface area contributed by atoms with Crippen LogP contribution in [0.3, 0.4) is 0 Å². The molecule has 3 aromatic heterocycles. The van der Waals surface area contributed by atoms with Crippen molar-refractivity contribution in [2.24, 2.45) is 0 Å². The standard InChI is InChI=1S/C57H35N3O/c1-3-14-40(15-4-1)59-50-24-12-11-20-45(50)48-34-38(30-32-51(48)59)39-31-33-52-49(35-39)54-42(23-13-25-53(54)61-52)36-26-28-37(29-27-36)57-58-55-46-21-9-7-18-43(46)44-19-8-10-22-47(44)56(55)60(57)41-16-5-2-6-17-41/h1-35H. The van der Waals surface area contributed by atoms with E-state index in [1.165, 1.54) is 43.5 Å². The molecule has 284 valence electrons. The number of benzene rings is 10. The summed E-state index contributed by atoms with van der Waals surface area (Å²) in [6, 6.07) is 76.0. The lowest BCUT2D eigenvalue weighted by atomic mass is 9.96. The van der Waals surface area contributed by atoms with Crippen molar-refractivity contribution in [2.75, 3.05) is 0 Å². The Labute approximate surface area is 350 Å². The Balaban J connectivity index is 0.951. The quantitative estimate of drug-likeness (QED) is 0.163. The number of hydrogen-bond donors (Lipinski definition) is 0. The van der Waals surface area contributed by atoms with E-state index in [2.05, 4.69) is 221 Å². The van der Waals surface area contributed by atoms with Gasteiger partial charge in [0.15, 0.2) is 0 Å². The first-order valence-electron chi connectivity index (χ1n) is 20.8. The first-order chi connectivity index (χ1) is 30.3. The van der Waals surface area contributed by atoms with E-state index in [1.54, 1.807) is 0 Å². The molecule has 0 radical (unpaired) electrons. The number of nitrogens with zero attached hydrogens (tertiary/aromatic N) is 3. The molecule has 0 amide bonds. The molecule has 0 spiro atoms. The molecule has 0 aliphatic carbocycles. The molecule has 0 N–H and O–H groups in total. The molecule has 10 aromatic carbocycles. The number of aromatic nitrogens is 3. The zero-order chi connectivity index (χ0) is 40.0. The summed E-state index contributed by atoms with van der Waals surface area (Å²) >= 11 is 0. The Kier molecular flexibility index (Phi) is 7.27. The lowest BCUT2D eigenvalue weighted by Crippen LogP contribution is -1.98. The van der Waals surface area contributed by atoms with Gasteiger partial charge in [-0.05, 0) is 93.7 Å². The van der Waals surface area contributed by atoms with Crippen molar-refractivity contribution in [3.05, 3.63) is 212 Å². The Hall–Kier alpha value is -8.21. The molecule has 0 bridgehead atoms. The van der Waals surface area contributed by atoms with Crippen molar-refractivity contribution in [1.82, 2.24) is 14.1 Å². The van der Waals surface area contributed by atoms with Gasteiger partial charge in [-0.2, -0.15) is 0 Å². The Morgan fingerprint density at radius 1 is 0.344 bits per heavy atom. The summed E-state index contributed by atoms with van der Waals surface area (Å²) in [6.45, 7) is 0. The highest BCUT2D eigenvalue weighted by Crippen LogP contribution is 2.42. The molecule has 0 fully saturated rings. The molecule has 3 heterocycles. The van der Waals surface area contributed by atoms with Gasteiger partial charge in [-0.1, -0.05) is 152 Å². The highest BCUT2D eigenvalue weighted by atomic mass is 16.3. The van der Waals surface area contributed by atoms with Crippen LogP contribution in [0.2, 0.25) is 0 Å². The van der Waals surface area contributed by atoms with Gasteiger partial charge in [0.2, 0.25) is 0 Å². The second-order valence-corrected chi connectivity index (χ2v) is 15.9. The number of furan rings is 1. The van der Waals surface area contributed by atoms with Crippen LogP contribution in [0.4, 0.5) is 0 Å². The fourth-order valence-corrected chi connectivity index (χ4v) is 9.78. The van der Waals surface area contributed by atoms with E-state index < -0.39 is 0 Å². The van der Waals surface area contributed by atoms with Crippen molar-refractivity contribution in [3.8, 4) is 45.0 Å². The molecule has 61 heavy (non-hydrogen) atoms. The average molecular weight is 778 g/mol. The van der Waals surface area contributed by atoms with Crippen LogP contribution in [-0.2, 0) is 0 Å². The third-order valence-corrected chi connectivity index (χ3v) is 12.5. The van der Waals surface area contributed by atoms with Crippen molar-refractivity contribution >= 4 is 76.3 Å². The maximum absolute atomic E-state index is 6.53. The summed E-state index contributed by atoms with van der Waals surface area (Å²) < 4.78 is 11.2. The monoisotopic (exact) mass is 777 g/mol. The van der Waals surface area contributed by atoms with E-state index in [0.717, 1.165) is 77.8 Å². The van der Waals surface area contributed by atoms with Crippen LogP contribution in [0.1, 0.15) is 0 Å². The minimum atomic E-state index is 0.875. The lowest BCUT2D eigenvalue weighted by molar-refractivity contribution is 0.669. The van der Waals surface area contributed by atoms with Gasteiger partial charge < -0.3 is 8.98 Å². The van der Waals surface area contributed by atoms with E-state index in [9.17, 15) is 0 Å². The maximum Gasteiger partial charge on any atom is 0.145 e. The van der Waals surface area contributed by atoms with E-state index in [4.69, 9.17) is 9.40 Å². The SMILES string of the molecule is c1ccc(-n2c(-c3ccc(-c4cccc5oc6ccc(-c7ccc8c(c7)c7ccccc7n8-c7ccccc7)cc6c45)cc3)nc3c4ccccc4c4ccccc4c32)cc1. The molecule has 4 nitrogen and oxygen atoms in total. The predicted octanol–water partition coefficient (Wildman–Crippen LogP) is 15.3. The Bertz CT molecular complexity index is 3850. The first-order valence-corrected chi connectivity index (χ1v) is 20.8. The Morgan fingerprint density at radius 3 is 1.66 bits per heavy atom. The summed E-state index contributed by atoms with van der Waals surface area (Å²) in [5.41, 5.74) is 14.1. The number of fused-ring (bicyclic) bond motifs is 12. The molecule has 4 heteroatoms. The van der Waals surface area contributed by atoms with Gasteiger partial charge in [-0.15, -0.1) is 0 Å². The predicted molar refractivity (Wildman–Crippen MR) is 254 cm³/mol. The molecular formula is C57H35N3O. The van der Waals surface area contributed by atoms with Crippen LogP contribution in [0.15, 0.2) is 217 Å². The van der Waals surface area contributed by atoms with Crippen molar-refractivity contribution in [1.29, 1.82) is 0 Å². The largest absolute Gasteiger partial charge is 0.456 e. The van der Waals surface area contributed by atoms with Crippen LogP contribution in [0.5, 0.6) is 0 Å². The topological polar surface area (TPSA) is 35.9 Å². The van der Waals surface area contributed by atoms with Crippen molar-refractivity contribution < 1.29 is 4.42 Å². The summed E-state index contributed by atoms with van der Waals surface area (Å²) in [6.07, 6.45) is 0. The van der Waals surface area contributed by atoms with Gasteiger partial charge >= 0.3 is 0 Å². The number of hydrogen-bond acceptors (Lipinski definition) is 2. The van der Waals surface area contributed by atoms with Crippen molar-refractivity contribution in [3.63, 3.8) is 0 Å². The van der Waals surface area contributed by atoms with E-state index in [0.29, 0.717) is 0 Å². The summed E-state index contributed by atoms with van der Waals surface area (Å²) in [5.74, 6) is 0.912. The smallest absolute Gasteiger partial charge is 0.145 e. The molecular weight excluding hydrogens is 743 g/mol. The highest BCUT2D eigenvalue weighted by molar-refractivity contribution is 6.24. The molecule has 13 rings (SSSR count). The highest BCUT2D eigenvalue weighted by Gasteiger charge is 2.21. The van der Waals surface area contributed by atoms with Gasteiger partial charge in [-0.3, -0.25) is 4.57 Å². The first kappa shape index (κ1) is 33.7. The van der Waals surface area contributed by atoms with E-state index in [-0.39, 0.29) is 0 Å². The fourth-order valence-electron chi connectivity index (χ4n) is 9.78. The van der Waals surface area contributed by atoms with Gasteiger partial charge in [-0.25, -0.2) is 4.98 Å². The fraction of sp³-hybridized carbons (Fsp3) is 0. The van der Waals surface area contributed by atoms with Gasteiger partial charge in [0.25, 0.3) is 0 Å². The van der Waals surface area contributed by atoms with E-state index >= 15 is 0 Å². The minimum Gasteiger partial charge on any atom is -0.456 e. The minimum absolute atomic E-state index is 0.875. The average Bonchev–Trinajstić information content (AvgIpc) is 4.02. The van der Waals surface area contributed by atoms with Crippen LogP contribution < -0.4 is 0 Å². The number of imidazole rings is 1. The Morgan fingerprint density at radius 2 is 0.902 bits per heavy atom. The normalized spacial score (nSPS) is 11.9. The molecule has 0 unspecified atom stereocenters.